The third kappa shape index (κ3) is 1.36. The molecule has 1 atom stereocenters. The highest BCUT2D eigenvalue weighted by atomic mass is 79.9. The topological polar surface area (TPSA) is 55.3 Å². The van der Waals surface area contributed by atoms with Crippen LogP contribution in [0.15, 0.2) is 22.6 Å². The van der Waals surface area contributed by atoms with E-state index in [-0.39, 0.29) is 0 Å². The van der Waals surface area contributed by atoms with Crippen molar-refractivity contribution < 1.29 is 4.39 Å². The van der Waals surface area contributed by atoms with Crippen molar-refractivity contribution >= 4 is 15.9 Å². The second-order valence-electron chi connectivity index (χ2n) is 1.94. The number of hydrogen-bond acceptors (Lipinski definition) is 3. The number of halogens is 2. The van der Waals surface area contributed by atoms with Gasteiger partial charge in [-0.05, 0) is 22.0 Å². The van der Waals surface area contributed by atoms with Gasteiger partial charge < -0.3 is 5.73 Å². The smallest absolute Gasteiger partial charge is 0.144 e. The van der Waals surface area contributed by atoms with Gasteiger partial charge in [0.1, 0.15) is 12.0 Å². The zero-order valence-corrected chi connectivity index (χ0v) is 6.68. The first-order valence-electron chi connectivity index (χ1n) is 2.64. The van der Waals surface area contributed by atoms with E-state index in [0.29, 0.717) is 4.48 Å². The fourth-order valence-electron chi connectivity index (χ4n) is 0.619. The molecule has 0 aromatic carbocycles. The summed E-state index contributed by atoms with van der Waals surface area (Å²) >= 11 is 3.06. The standard InChI is InChI=1S/C5H7BrFN3/c6-3-1-4(7)5(8)10(9)2-3/h1-2,5H,8-9H2. The van der Waals surface area contributed by atoms with Crippen molar-refractivity contribution in [2.75, 3.05) is 0 Å². The number of hydrazine groups is 1. The molecule has 3 nitrogen and oxygen atoms in total. The molecule has 1 rings (SSSR count). The summed E-state index contributed by atoms with van der Waals surface area (Å²) in [4.78, 5) is 0. The minimum atomic E-state index is -0.846. The molecule has 10 heavy (non-hydrogen) atoms. The number of hydrogen-bond donors (Lipinski definition) is 2. The second kappa shape index (κ2) is 2.69. The number of rotatable bonds is 0. The van der Waals surface area contributed by atoms with Crippen molar-refractivity contribution in [2.45, 2.75) is 6.17 Å². The summed E-state index contributed by atoms with van der Waals surface area (Å²) in [6, 6.07) is 0. The molecule has 0 spiro atoms. The molecule has 0 aliphatic carbocycles. The molecule has 0 radical (unpaired) electrons. The van der Waals surface area contributed by atoms with Gasteiger partial charge in [-0.3, -0.25) is 5.01 Å². The van der Waals surface area contributed by atoms with Crippen molar-refractivity contribution in [3.05, 3.63) is 22.6 Å². The zero-order valence-electron chi connectivity index (χ0n) is 5.09. The molecule has 0 aromatic heterocycles. The van der Waals surface area contributed by atoms with Crippen molar-refractivity contribution in [2.24, 2.45) is 11.6 Å². The number of allylic oxidation sites excluding steroid dienone is 2. The van der Waals surface area contributed by atoms with E-state index >= 15 is 0 Å². The molecular weight excluding hydrogens is 201 g/mol. The average molecular weight is 208 g/mol. The number of nitrogens with two attached hydrogens (primary N) is 2. The largest absolute Gasteiger partial charge is 0.304 e. The van der Waals surface area contributed by atoms with Gasteiger partial charge >= 0.3 is 0 Å². The lowest BCUT2D eigenvalue weighted by Crippen LogP contribution is -2.45. The molecule has 0 saturated carbocycles. The van der Waals surface area contributed by atoms with Crippen LogP contribution < -0.4 is 11.6 Å². The van der Waals surface area contributed by atoms with Gasteiger partial charge in [0.05, 0.1) is 0 Å². The van der Waals surface area contributed by atoms with E-state index in [4.69, 9.17) is 11.6 Å². The van der Waals surface area contributed by atoms with Crippen molar-refractivity contribution in [3.63, 3.8) is 0 Å². The molecule has 56 valence electrons. The SMILES string of the molecule is NC1C(F)=CC(Br)=CN1N. The van der Waals surface area contributed by atoms with E-state index in [1.54, 1.807) is 0 Å². The molecule has 1 aliphatic heterocycles. The molecule has 0 bridgehead atoms. The summed E-state index contributed by atoms with van der Waals surface area (Å²) in [7, 11) is 0. The summed E-state index contributed by atoms with van der Waals surface area (Å²) in [6.07, 6.45) is 1.95. The van der Waals surface area contributed by atoms with E-state index in [0.717, 1.165) is 5.01 Å². The minimum absolute atomic E-state index is 0.447. The molecule has 5 heteroatoms. The highest BCUT2D eigenvalue weighted by molar-refractivity contribution is 9.11. The van der Waals surface area contributed by atoms with Crippen LogP contribution in [-0.2, 0) is 0 Å². The predicted octanol–water partition coefficient (Wildman–Crippen LogP) is 0.550. The second-order valence-corrected chi connectivity index (χ2v) is 2.85. The molecule has 1 heterocycles. The molecule has 4 N–H and O–H groups in total. The zero-order chi connectivity index (χ0) is 7.72. The van der Waals surface area contributed by atoms with E-state index in [2.05, 4.69) is 15.9 Å². The Labute approximate surface area is 66.3 Å². The van der Waals surface area contributed by atoms with Crippen LogP contribution in [0.1, 0.15) is 0 Å². The van der Waals surface area contributed by atoms with Crippen molar-refractivity contribution in [1.29, 1.82) is 0 Å². The van der Waals surface area contributed by atoms with Gasteiger partial charge in [-0.2, -0.15) is 0 Å². The van der Waals surface area contributed by atoms with Crippen LogP contribution in [-0.4, -0.2) is 11.2 Å². The molecule has 0 amide bonds. The first-order chi connectivity index (χ1) is 4.61. The molecule has 1 aliphatic rings. The van der Waals surface area contributed by atoms with Gasteiger partial charge in [0, 0.05) is 10.7 Å². The highest BCUT2D eigenvalue weighted by Gasteiger charge is 2.17. The minimum Gasteiger partial charge on any atom is -0.304 e. The monoisotopic (exact) mass is 207 g/mol. The van der Waals surface area contributed by atoms with Gasteiger partial charge in [-0.25, -0.2) is 10.2 Å². The maximum Gasteiger partial charge on any atom is 0.144 e. The lowest BCUT2D eigenvalue weighted by Gasteiger charge is -2.23. The molecule has 0 fully saturated rings. The fraction of sp³-hybridized carbons (Fsp3) is 0.200. The van der Waals surface area contributed by atoms with Gasteiger partial charge in [-0.15, -0.1) is 0 Å². The Morgan fingerprint density at radius 1 is 1.70 bits per heavy atom. The van der Waals surface area contributed by atoms with Crippen molar-refractivity contribution in [3.8, 4) is 0 Å². The van der Waals surface area contributed by atoms with Gasteiger partial charge in [0.2, 0.25) is 0 Å². The van der Waals surface area contributed by atoms with Crippen LogP contribution in [0.5, 0.6) is 0 Å². The van der Waals surface area contributed by atoms with E-state index in [1.807, 2.05) is 0 Å². The van der Waals surface area contributed by atoms with Gasteiger partial charge in [0.15, 0.2) is 0 Å². The summed E-state index contributed by atoms with van der Waals surface area (Å²) < 4.78 is 13.2. The summed E-state index contributed by atoms with van der Waals surface area (Å²) in [5.74, 6) is 4.83. The fourth-order valence-corrected chi connectivity index (χ4v) is 1.07. The van der Waals surface area contributed by atoms with Crippen LogP contribution >= 0.6 is 15.9 Å². The first kappa shape index (κ1) is 7.71. The Balaban J connectivity index is 2.85. The van der Waals surface area contributed by atoms with Crippen LogP contribution in [0, 0.1) is 0 Å². The summed E-state index contributed by atoms with van der Waals surface area (Å²) in [5, 5.41) is 1.10. The average Bonchev–Trinajstić information content (AvgIpc) is 1.82. The lowest BCUT2D eigenvalue weighted by atomic mass is 10.3. The molecule has 0 aromatic rings. The maximum atomic E-state index is 12.6. The third-order valence-corrected chi connectivity index (χ3v) is 1.59. The number of nitrogens with zero attached hydrogens (tertiary/aromatic N) is 1. The van der Waals surface area contributed by atoms with E-state index < -0.39 is 12.0 Å². The Kier molecular flexibility index (Phi) is 2.08. The maximum absolute atomic E-state index is 12.6. The third-order valence-electron chi connectivity index (χ3n) is 1.15. The normalized spacial score (nSPS) is 26.0. The van der Waals surface area contributed by atoms with Gasteiger partial charge in [-0.1, -0.05) is 0 Å². The quantitative estimate of drug-likeness (QED) is 0.571. The van der Waals surface area contributed by atoms with Crippen LogP contribution in [0.4, 0.5) is 4.39 Å². The first-order valence-corrected chi connectivity index (χ1v) is 3.43. The van der Waals surface area contributed by atoms with Crippen LogP contribution in [0.3, 0.4) is 0 Å². The molecule has 1 unspecified atom stereocenters. The summed E-state index contributed by atoms with van der Waals surface area (Å²) in [6.45, 7) is 0. The van der Waals surface area contributed by atoms with Crippen molar-refractivity contribution in [1.82, 2.24) is 5.01 Å². The Bertz CT molecular complexity index is 201. The Morgan fingerprint density at radius 2 is 2.30 bits per heavy atom. The molecule has 0 saturated heterocycles. The Morgan fingerprint density at radius 3 is 2.80 bits per heavy atom. The Hall–Kier alpha value is -0.390. The predicted molar refractivity (Wildman–Crippen MR) is 40.2 cm³/mol. The van der Waals surface area contributed by atoms with Crippen LogP contribution in [0.2, 0.25) is 0 Å². The molecular formula is C5H7BrFN3. The lowest BCUT2D eigenvalue weighted by molar-refractivity contribution is 0.282. The van der Waals surface area contributed by atoms with Gasteiger partial charge in [0.25, 0.3) is 0 Å². The summed E-state index contributed by atoms with van der Waals surface area (Å²) in [5.41, 5.74) is 5.28. The van der Waals surface area contributed by atoms with Crippen LogP contribution in [0.25, 0.3) is 0 Å². The van der Waals surface area contributed by atoms with E-state index in [9.17, 15) is 4.39 Å². The highest BCUT2D eigenvalue weighted by Crippen LogP contribution is 2.19. The van der Waals surface area contributed by atoms with E-state index in [1.165, 1.54) is 12.3 Å².